The van der Waals surface area contributed by atoms with Crippen LogP contribution in [-0.2, 0) is 4.79 Å². The fourth-order valence-corrected chi connectivity index (χ4v) is 3.47. The van der Waals surface area contributed by atoms with Gasteiger partial charge in [-0.2, -0.15) is 0 Å². The number of likely N-dealkylation sites (N-methyl/N-ethyl adjacent to an activating group) is 1. The Morgan fingerprint density at radius 1 is 1.39 bits per heavy atom. The molecule has 1 aromatic carbocycles. The number of carbonyl (C=O) groups is 2. The number of amides is 2. The highest BCUT2D eigenvalue weighted by atomic mass is 16.5. The number of carbonyl (C=O) groups excluding carboxylic acids is 2. The average Bonchev–Trinajstić information content (AvgIpc) is 3.49. The molecule has 2 amide bonds. The Kier molecular flexibility index (Phi) is 6.25. The molecular formula is C21H31N3O4. The van der Waals surface area contributed by atoms with E-state index < -0.39 is 0 Å². The van der Waals surface area contributed by atoms with Crippen LogP contribution in [0.4, 0.5) is 5.69 Å². The van der Waals surface area contributed by atoms with Gasteiger partial charge in [0.25, 0.3) is 5.91 Å². The fraction of sp³-hybridized carbons (Fsp3) is 0.619. The molecule has 0 aromatic heterocycles. The number of anilines is 1. The normalized spacial score (nSPS) is 23.5. The molecular weight excluding hydrogens is 358 g/mol. The minimum Gasteiger partial charge on any atom is -0.488 e. The van der Waals surface area contributed by atoms with E-state index in [4.69, 9.17) is 4.74 Å². The highest BCUT2D eigenvalue weighted by Crippen LogP contribution is 2.33. The van der Waals surface area contributed by atoms with E-state index in [1.54, 1.807) is 23.1 Å². The molecule has 1 saturated carbocycles. The van der Waals surface area contributed by atoms with Crippen LogP contribution in [0.2, 0.25) is 0 Å². The van der Waals surface area contributed by atoms with Crippen LogP contribution in [0.5, 0.6) is 5.75 Å². The van der Waals surface area contributed by atoms with Gasteiger partial charge in [0, 0.05) is 30.6 Å². The van der Waals surface area contributed by atoms with Crippen molar-refractivity contribution in [3.8, 4) is 5.75 Å². The third-order valence-electron chi connectivity index (χ3n) is 5.43. The van der Waals surface area contributed by atoms with Crippen molar-refractivity contribution in [2.24, 2.45) is 11.8 Å². The summed E-state index contributed by atoms with van der Waals surface area (Å²) in [5.74, 6) is 0.518. The molecule has 0 saturated heterocycles. The Morgan fingerprint density at radius 2 is 2.11 bits per heavy atom. The predicted molar refractivity (Wildman–Crippen MR) is 108 cm³/mol. The highest BCUT2D eigenvalue weighted by molar-refractivity contribution is 6.00. The van der Waals surface area contributed by atoms with E-state index in [9.17, 15) is 14.7 Å². The van der Waals surface area contributed by atoms with Crippen LogP contribution in [-0.4, -0.2) is 72.7 Å². The van der Waals surface area contributed by atoms with Crippen molar-refractivity contribution in [1.82, 2.24) is 9.80 Å². The zero-order valence-corrected chi connectivity index (χ0v) is 17.1. The first-order valence-corrected chi connectivity index (χ1v) is 9.98. The molecule has 3 rings (SSSR count). The zero-order valence-electron chi connectivity index (χ0n) is 17.1. The minimum absolute atomic E-state index is 0.00106. The fourth-order valence-electron chi connectivity index (χ4n) is 3.47. The molecule has 0 radical (unpaired) electrons. The maximum Gasteiger partial charge on any atom is 0.258 e. The number of nitrogens with zero attached hydrogens (tertiary/aromatic N) is 2. The highest BCUT2D eigenvalue weighted by Gasteiger charge is 2.34. The predicted octanol–water partition coefficient (Wildman–Crippen LogP) is 1.82. The van der Waals surface area contributed by atoms with Gasteiger partial charge in [0.1, 0.15) is 11.9 Å². The van der Waals surface area contributed by atoms with Gasteiger partial charge < -0.3 is 25.0 Å². The summed E-state index contributed by atoms with van der Waals surface area (Å²) >= 11 is 0. The van der Waals surface area contributed by atoms with Crippen molar-refractivity contribution in [3.63, 3.8) is 0 Å². The molecule has 1 aromatic rings. The van der Waals surface area contributed by atoms with E-state index in [1.165, 1.54) is 0 Å². The number of rotatable bonds is 6. The summed E-state index contributed by atoms with van der Waals surface area (Å²) in [6, 6.07) is 4.94. The van der Waals surface area contributed by atoms with Crippen LogP contribution in [0.15, 0.2) is 18.2 Å². The van der Waals surface area contributed by atoms with Crippen molar-refractivity contribution in [2.75, 3.05) is 39.1 Å². The van der Waals surface area contributed by atoms with E-state index in [1.807, 2.05) is 21.0 Å². The van der Waals surface area contributed by atoms with Gasteiger partial charge in [-0.3, -0.25) is 9.59 Å². The number of benzene rings is 1. The second-order valence-corrected chi connectivity index (χ2v) is 8.36. The summed E-state index contributed by atoms with van der Waals surface area (Å²) in [7, 11) is 3.98. The van der Waals surface area contributed by atoms with Crippen molar-refractivity contribution in [1.29, 1.82) is 0 Å². The lowest BCUT2D eigenvalue weighted by Gasteiger charge is -2.37. The minimum atomic E-state index is -0.300. The van der Waals surface area contributed by atoms with Crippen LogP contribution in [0.3, 0.4) is 0 Å². The monoisotopic (exact) mass is 389 g/mol. The maximum atomic E-state index is 13.3. The second-order valence-electron chi connectivity index (χ2n) is 8.36. The molecule has 1 heterocycles. The van der Waals surface area contributed by atoms with Gasteiger partial charge in [-0.25, -0.2) is 0 Å². The molecule has 7 heteroatoms. The first-order valence-electron chi connectivity index (χ1n) is 9.98. The summed E-state index contributed by atoms with van der Waals surface area (Å²) in [4.78, 5) is 29.1. The molecule has 28 heavy (non-hydrogen) atoms. The smallest absolute Gasteiger partial charge is 0.258 e. The quantitative estimate of drug-likeness (QED) is 0.776. The Labute approximate surface area is 166 Å². The van der Waals surface area contributed by atoms with Crippen molar-refractivity contribution in [2.45, 2.75) is 38.8 Å². The number of aliphatic hydroxyl groups excluding tert-OH is 1. The largest absolute Gasteiger partial charge is 0.488 e. The molecule has 1 aliphatic heterocycles. The Morgan fingerprint density at radius 3 is 2.71 bits per heavy atom. The molecule has 0 spiro atoms. The number of hydrogen-bond donors (Lipinski definition) is 2. The van der Waals surface area contributed by atoms with E-state index in [0.29, 0.717) is 23.5 Å². The number of hydrogen-bond acceptors (Lipinski definition) is 5. The maximum absolute atomic E-state index is 13.3. The first kappa shape index (κ1) is 20.6. The number of ether oxygens (including phenoxy) is 1. The van der Waals surface area contributed by atoms with Crippen LogP contribution >= 0.6 is 0 Å². The van der Waals surface area contributed by atoms with Gasteiger partial charge in [-0.15, -0.1) is 0 Å². The van der Waals surface area contributed by atoms with Crippen LogP contribution in [0.1, 0.15) is 37.0 Å². The Balaban J connectivity index is 1.95. The number of nitrogens with one attached hydrogen (secondary N) is 1. The SMILES string of the molecule is C[C@H](CO)N1C[C@H](C)[C@@H](CN(C)C)Oc2ccc(NC(=O)C3CC3)cc2C1=O. The molecule has 2 aliphatic rings. The molecule has 1 fully saturated rings. The number of aliphatic hydroxyl groups is 1. The summed E-state index contributed by atoms with van der Waals surface area (Å²) < 4.78 is 6.25. The Hall–Kier alpha value is -2.12. The molecule has 2 N–H and O–H groups in total. The van der Waals surface area contributed by atoms with Gasteiger partial charge in [-0.1, -0.05) is 6.92 Å². The molecule has 154 valence electrons. The van der Waals surface area contributed by atoms with Crippen LogP contribution in [0, 0.1) is 11.8 Å². The third kappa shape index (κ3) is 4.64. The summed E-state index contributed by atoms with van der Waals surface area (Å²) in [5, 5.41) is 12.6. The van der Waals surface area contributed by atoms with Gasteiger partial charge in [0.05, 0.1) is 18.2 Å². The van der Waals surface area contributed by atoms with E-state index in [-0.39, 0.29) is 42.4 Å². The van der Waals surface area contributed by atoms with Crippen molar-refractivity contribution >= 4 is 17.5 Å². The lowest BCUT2D eigenvalue weighted by atomic mass is 9.99. The lowest BCUT2D eigenvalue weighted by molar-refractivity contribution is -0.117. The summed E-state index contributed by atoms with van der Waals surface area (Å²) in [6.45, 7) is 5.01. The van der Waals surface area contributed by atoms with Gasteiger partial charge in [-0.05, 0) is 52.1 Å². The van der Waals surface area contributed by atoms with Crippen molar-refractivity contribution < 1.29 is 19.4 Å². The zero-order chi connectivity index (χ0) is 20.4. The van der Waals surface area contributed by atoms with Crippen molar-refractivity contribution in [3.05, 3.63) is 23.8 Å². The van der Waals surface area contributed by atoms with E-state index in [2.05, 4.69) is 17.1 Å². The topological polar surface area (TPSA) is 82.1 Å². The van der Waals surface area contributed by atoms with E-state index in [0.717, 1.165) is 19.4 Å². The van der Waals surface area contributed by atoms with Gasteiger partial charge in [0.2, 0.25) is 5.91 Å². The number of fused-ring (bicyclic) bond motifs is 1. The van der Waals surface area contributed by atoms with Crippen LogP contribution < -0.4 is 10.1 Å². The van der Waals surface area contributed by atoms with Crippen LogP contribution in [0.25, 0.3) is 0 Å². The Bertz CT molecular complexity index is 732. The molecule has 0 unspecified atom stereocenters. The summed E-state index contributed by atoms with van der Waals surface area (Å²) in [5.41, 5.74) is 1.02. The van der Waals surface area contributed by atoms with Gasteiger partial charge >= 0.3 is 0 Å². The van der Waals surface area contributed by atoms with Gasteiger partial charge in [0.15, 0.2) is 0 Å². The molecule has 0 bridgehead atoms. The summed E-state index contributed by atoms with van der Waals surface area (Å²) in [6.07, 6.45) is 1.75. The van der Waals surface area contributed by atoms with E-state index >= 15 is 0 Å². The first-order chi connectivity index (χ1) is 13.3. The second kappa shape index (κ2) is 8.49. The average molecular weight is 389 g/mol. The lowest BCUT2D eigenvalue weighted by Crippen LogP contribution is -2.49. The molecule has 3 atom stereocenters. The standard InChI is InChI=1S/C21H31N3O4/c1-13-10-24(14(2)12-25)21(27)17-9-16(22-20(26)15-5-6-15)7-8-18(17)28-19(13)11-23(3)4/h7-9,13-15,19,25H,5-6,10-12H2,1-4H3,(H,22,26)/t13-,14+,19+/m0/s1. The molecule has 1 aliphatic carbocycles. The molecule has 7 nitrogen and oxygen atoms in total. The third-order valence-corrected chi connectivity index (χ3v) is 5.43.